The van der Waals surface area contributed by atoms with Crippen molar-refractivity contribution in [1.29, 1.82) is 0 Å². The van der Waals surface area contributed by atoms with Crippen LogP contribution in [-0.2, 0) is 9.53 Å². The predicted molar refractivity (Wildman–Crippen MR) is 90.5 cm³/mol. The minimum atomic E-state index is -0.550. The van der Waals surface area contributed by atoms with Gasteiger partial charge in [-0.15, -0.1) is 0 Å². The monoisotopic (exact) mass is 339 g/mol. The molecule has 0 aromatic rings. The lowest BCUT2D eigenvalue weighted by Crippen LogP contribution is -2.53. The standard InChI is InChI=1S/C17H29N3O4/c1-2-18-16(22)10-13-8-9-14(15(11-21)24-13)20-17(23)19-12-6-4-3-5-7-12/h8-9,12-15,21H,2-7,10-11H2,1H3,(H,18,22)(H2,19,20,23)/t13-,14+,15-/m0/s1. The largest absolute Gasteiger partial charge is 0.394 e. The maximum absolute atomic E-state index is 12.1. The van der Waals surface area contributed by atoms with E-state index in [4.69, 9.17) is 4.74 Å². The van der Waals surface area contributed by atoms with Crippen LogP contribution >= 0.6 is 0 Å². The summed E-state index contributed by atoms with van der Waals surface area (Å²) in [5.74, 6) is -0.0923. The molecule has 2 aliphatic rings. The Morgan fingerprint density at radius 3 is 2.58 bits per heavy atom. The fourth-order valence-corrected chi connectivity index (χ4v) is 3.21. The molecule has 7 heteroatoms. The van der Waals surface area contributed by atoms with E-state index in [0.717, 1.165) is 25.7 Å². The molecule has 24 heavy (non-hydrogen) atoms. The van der Waals surface area contributed by atoms with Gasteiger partial charge in [-0.05, 0) is 19.8 Å². The number of hydrogen-bond donors (Lipinski definition) is 4. The summed E-state index contributed by atoms with van der Waals surface area (Å²) in [5, 5.41) is 18.1. The Morgan fingerprint density at radius 1 is 1.17 bits per heavy atom. The third-order valence-corrected chi connectivity index (χ3v) is 4.46. The van der Waals surface area contributed by atoms with Gasteiger partial charge >= 0.3 is 6.03 Å². The highest BCUT2D eigenvalue weighted by molar-refractivity contribution is 5.77. The zero-order chi connectivity index (χ0) is 17.4. The Kier molecular flexibility index (Phi) is 7.52. The lowest BCUT2D eigenvalue weighted by atomic mass is 9.96. The van der Waals surface area contributed by atoms with Gasteiger partial charge in [0, 0.05) is 12.6 Å². The zero-order valence-corrected chi connectivity index (χ0v) is 14.3. The van der Waals surface area contributed by atoms with Crippen molar-refractivity contribution in [2.45, 2.75) is 69.7 Å². The molecule has 1 aliphatic heterocycles. The molecule has 1 heterocycles. The van der Waals surface area contributed by atoms with Gasteiger partial charge in [0.2, 0.25) is 5.91 Å². The van der Waals surface area contributed by atoms with Crippen LogP contribution in [0.2, 0.25) is 0 Å². The number of aliphatic hydroxyl groups excluding tert-OH is 1. The van der Waals surface area contributed by atoms with E-state index in [0.29, 0.717) is 6.54 Å². The quantitative estimate of drug-likeness (QED) is 0.539. The first-order chi connectivity index (χ1) is 11.6. The smallest absolute Gasteiger partial charge is 0.315 e. The molecule has 3 amide bonds. The third-order valence-electron chi connectivity index (χ3n) is 4.46. The second kappa shape index (κ2) is 9.64. The molecular formula is C17H29N3O4. The van der Waals surface area contributed by atoms with Crippen molar-refractivity contribution in [1.82, 2.24) is 16.0 Å². The maximum atomic E-state index is 12.1. The molecule has 0 spiro atoms. The van der Waals surface area contributed by atoms with Crippen LogP contribution in [0, 0.1) is 0 Å². The first-order valence-electron chi connectivity index (χ1n) is 8.90. The molecule has 1 aliphatic carbocycles. The molecule has 3 atom stereocenters. The molecule has 0 bridgehead atoms. The lowest BCUT2D eigenvalue weighted by molar-refractivity contribution is -0.125. The number of carbonyl (C=O) groups excluding carboxylic acids is 2. The van der Waals surface area contributed by atoms with E-state index in [1.807, 2.05) is 6.92 Å². The molecule has 0 saturated heterocycles. The highest BCUT2D eigenvalue weighted by Gasteiger charge is 2.29. The average Bonchev–Trinajstić information content (AvgIpc) is 2.57. The van der Waals surface area contributed by atoms with Crippen molar-refractivity contribution in [2.24, 2.45) is 0 Å². The Balaban J connectivity index is 1.83. The normalized spacial score (nSPS) is 27.5. The number of nitrogens with one attached hydrogen (secondary N) is 3. The fraction of sp³-hybridized carbons (Fsp3) is 0.765. The van der Waals surface area contributed by atoms with Gasteiger partial charge < -0.3 is 25.8 Å². The summed E-state index contributed by atoms with van der Waals surface area (Å²) >= 11 is 0. The predicted octanol–water partition coefficient (Wildman–Crippen LogP) is 0.829. The molecule has 1 fully saturated rings. The van der Waals surface area contributed by atoms with Crippen LogP contribution in [0.25, 0.3) is 0 Å². The first-order valence-corrected chi connectivity index (χ1v) is 8.90. The van der Waals surface area contributed by atoms with Crippen molar-refractivity contribution in [2.75, 3.05) is 13.2 Å². The molecule has 2 rings (SSSR count). The van der Waals surface area contributed by atoms with Crippen molar-refractivity contribution in [3.63, 3.8) is 0 Å². The van der Waals surface area contributed by atoms with E-state index < -0.39 is 12.1 Å². The number of amides is 3. The minimum absolute atomic E-state index is 0.0923. The van der Waals surface area contributed by atoms with Crippen LogP contribution in [0.4, 0.5) is 4.79 Å². The molecule has 7 nitrogen and oxygen atoms in total. The summed E-state index contributed by atoms with van der Waals surface area (Å²) in [4.78, 5) is 23.7. The summed E-state index contributed by atoms with van der Waals surface area (Å²) in [6.07, 6.45) is 8.42. The van der Waals surface area contributed by atoms with E-state index >= 15 is 0 Å². The Hall–Kier alpha value is -1.60. The summed E-state index contributed by atoms with van der Waals surface area (Å²) in [6.45, 7) is 2.21. The van der Waals surface area contributed by atoms with Crippen LogP contribution in [0.15, 0.2) is 12.2 Å². The lowest BCUT2D eigenvalue weighted by Gasteiger charge is -2.32. The summed E-state index contributed by atoms with van der Waals surface area (Å²) in [5.41, 5.74) is 0. The van der Waals surface area contributed by atoms with Crippen molar-refractivity contribution >= 4 is 11.9 Å². The second-order valence-corrected chi connectivity index (χ2v) is 6.42. The molecular weight excluding hydrogens is 310 g/mol. The summed E-state index contributed by atoms with van der Waals surface area (Å²) in [7, 11) is 0. The van der Waals surface area contributed by atoms with Gasteiger partial charge in [-0.3, -0.25) is 4.79 Å². The van der Waals surface area contributed by atoms with Crippen LogP contribution in [-0.4, -0.2) is 54.5 Å². The van der Waals surface area contributed by atoms with Crippen LogP contribution in [0.3, 0.4) is 0 Å². The number of ether oxygens (including phenoxy) is 1. The topological polar surface area (TPSA) is 99.7 Å². The molecule has 0 unspecified atom stereocenters. The summed E-state index contributed by atoms with van der Waals surface area (Å²) < 4.78 is 5.72. The molecule has 0 radical (unpaired) electrons. The van der Waals surface area contributed by atoms with E-state index in [1.165, 1.54) is 6.42 Å². The van der Waals surface area contributed by atoms with Gasteiger partial charge in [0.25, 0.3) is 0 Å². The molecule has 0 aromatic carbocycles. The van der Waals surface area contributed by atoms with Gasteiger partial charge in [0.1, 0.15) is 6.10 Å². The van der Waals surface area contributed by atoms with Crippen LogP contribution in [0.5, 0.6) is 0 Å². The zero-order valence-electron chi connectivity index (χ0n) is 14.3. The van der Waals surface area contributed by atoms with Crippen LogP contribution < -0.4 is 16.0 Å². The van der Waals surface area contributed by atoms with Crippen LogP contribution in [0.1, 0.15) is 45.4 Å². The minimum Gasteiger partial charge on any atom is -0.394 e. The number of aliphatic hydroxyl groups is 1. The molecule has 0 aromatic heterocycles. The van der Waals surface area contributed by atoms with E-state index in [1.54, 1.807) is 12.2 Å². The Bertz CT molecular complexity index is 449. The fourth-order valence-electron chi connectivity index (χ4n) is 3.21. The van der Waals surface area contributed by atoms with Gasteiger partial charge in [-0.2, -0.15) is 0 Å². The Morgan fingerprint density at radius 2 is 1.92 bits per heavy atom. The third kappa shape index (κ3) is 5.79. The van der Waals surface area contributed by atoms with E-state index in [2.05, 4.69) is 16.0 Å². The van der Waals surface area contributed by atoms with Crippen molar-refractivity contribution < 1.29 is 19.4 Å². The molecule has 136 valence electrons. The highest BCUT2D eigenvalue weighted by Crippen LogP contribution is 2.18. The van der Waals surface area contributed by atoms with Crippen molar-refractivity contribution in [3.05, 3.63) is 12.2 Å². The van der Waals surface area contributed by atoms with E-state index in [9.17, 15) is 14.7 Å². The number of hydrogen-bond acceptors (Lipinski definition) is 4. The second-order valence-electron chi connectivity index (χ2n) is 6.42. The number of urea groups is 1. The molecule has 4 N–H and O–H groups in total. The van der Waals surface area contributed by atoms with Gasteiger partial charge in [0.15, 0.2) is 0 Å². The molecule has 1 saturated carbocycles. The van der Waals surface area contributed by atoms with Crippen molar-refractivity contribution in [3.8, 4) is 0 Å². The Labute approximate surface area is 143 Å². The number of rotatable bonds is 6. The maximum Gasteiger partial charge on any atom is 0.315 e. The first kappa shape index (κ1) is 18.7. The van der Waals surface area contributed by atoms with E-state index in [-0.39, 0.29) is 37.1 Å². The SMILES string of the molecule is CCNC(=O)C[C@@H]1C=C[C@@H](NC(=O)NC2CCCCC2)[C@H](CO)O1. The highest BCUT2D eigenvalue weighted by atomic mass is 16.5. The number of carbonyl (C=O) groups is 2. The average molecular weight is 339 g/mol. The van der Waals surface area contributed by atoms with Gasteiger partial charge in [0.05, 0.1) is 25.2 Å². The summed E-state index contributed by atoms with van der Waals surface area (Å²) in [6, 6.07) is -0.407. The van der Waals surface area contributed by atoms with Gasteiger partial charge in [-0.1, -0.05) is 31.4 Å². The van der Waals surface area contributed by atoms with Gasteiger partial charge in [-0.25, -0.2) is 4.79 Å².